The van der Waals surface area contributed by atoms with Gasteiger partial charge in [0.15, 0.2) is 0 Å². The minimum atomic E-state index is -8.75. The number of halogens is 17. The summed E-state index contributed by atoms with van der Waals surface area (Å²) in [4.78, 5) is 11.7. The van der Waals surface area contributed by atoms with E-state index in [-0.39, 0.29) is 16.9 Å². The summed E-state index contributed by atoms with van der Waals surface area (Å²) in [5.41, 5.74) is 1.01. The van der Waals surface area contributed by atoms with Gasteiger partial charge in [-0.15, -0.1) is 0 Å². The number of amides is 1. The Morgan fingerprint density at radius 2 is 1.05 bits per heavy atom. The molecule has 256 valence electrons. The summed E-state index contributed by atoms with van der Waals surface area (Å²) in [7, 11) is -5.15. The van der Waals surface area contributed by atoms with Gasteiger partial charge in [-0.1, -0.05) is 29.5 Å². The van der Waals surface area contributed by atoms with Crippen molar-refractivity contribution in [3.05, 3.63) is 28.8 Å². The molecule has 1 aromatic rings. The van der Waals surface area contributed by atoms with Crippen LogP contribution in [0.2, 0.25) is 0 Å². The number of rotatable bonds is 12. The highest BCUT2D eigenvalue weighted by atomic mass is 32.2. The molecule has 44 heavy (non-hydrogen) atoms. The Bertz CT molecular complexity index is 1320. The molecule has 0 spiro atoms. The molecule has 0 aliphatic rings. The monoisotopic (exact) mass is 721 g/mol. The summed E-state index contributed by atoms with van der Waals surface area (Å²) < 4.78 is 256. The average molecular weight is 721 g/mol. The SMILES string of the molecule is Cc1cc(C)c(OS(=O)(=O)NC(=O)SCCC(F)(F)C(F)(F)C(F)(F)C(F)(F)C(F)(F)C(F)(F)C(F)(F)C(F)(F)F)c(C)c1. The van der Waals surface area contributed by atoms with Gasteiger partial charge in [0.2, 0.25) is 0 Å². The summed E-state index contributed by atoms with van der Waals surface area (Å²) in [6.45, 7) is 4.30. The predicted molar refractivity (Wildman–Crippen MR) is 116 cm³/mol. The zero-order valence-corrected chi connectivity index (χ0v) is 23.1. The van der Waals surface area contributed by atoms with Gasteiger partial charge in [0.05, 0.1) is 0 Å². The molecule has 0 saturated carbocycles. The van der Waals surface area contributed by atoms with Crippen LogP contribution in [0.5, 0.6) is 5.75 Å². The van der Waals surface area contributed by atoms with Crippen molar-refractivity contribution < 1.29 is 92.0 Å². The molecule has 1 amide bonds. The molecule has 24 heteroatoms. The molecule has 0 saturated heterocycles. The van der Waals surface area contributed by atoms with Gasteiger partial charge in [-0.3, -0.25) is 4.79 Å². The average Bonchev–Trinajstić information content (AvgIpc) is 2.79. The van der Waals surface area contributed by atoms with Crippen molar-refractivity contribution in [2.75, 3.05) is 5.75 Å². The molecule has 0 aliphatic heterocycles. The van der Waals surface area contributed by atoms with Crippen molar-refractivity contribution in [1.29, 1.82) is 0 Å². The first-order valence-electron chi connectivity index (χ1n) is 10.8. The van der Waals surface area contributed by atoms with Crippen LogP contribution in [0.1, 0.15) is 23.1 Å². The fraction of sp³-hybridized carbons (Fsp3) is 0.650. The third kappa shape index (κ3) is 6.73. The molecule has 1 N–H and O–H groups in total. The normalized spacial score (nSPS) is 14.9. The van der Waals surface area contributed by atoms with Crippen LogP contribution < -0.4 is 8.91 Å². The number of nitrogens with one attached hydrogen (secondary N) is 1. The maximum Gasteiger partial charge on any atom is 0.460 e. The first-order chi connectivity index (χ1) is 19.1. The Balaban J connectivity index is 3.16. The highest BCUT2D eigenvalue weighted by Crippen LogP contribution is 2.64. The number of carbonyl (C=O) groups excluding carboxylic acids is 1. The number of aryl methyl sites for hydroxylation is 3. The summed E-state index contributed by atoms with van der Waals surface area (Å²) in [6.07, 6.45) is -10.8. The van der Waals surface area contributed by atoms with Crippen molar-refractivity contribution in [2.45, 2.75) is 74.8 Å². The van der Waals surface area contributed by atoms with Crippen LogP contribution in [-0.2, 0) is 10.3 Å². The van der Waals surface area contributed by atoms with Gasteiger partial charge in [-0.05, 0) is 31.9 Å². The van der Waals surface area contributed by atoms with E-state index in [0.717, 1.165) is 4.72 Å². The number of hydrogen-bond acceptors (Lipinski definition) is 5. The smallest absolute Gasteiger partial charge is 0.366 e. The molecule has 0 atom stereocenters. The standard InChI is InChI=1S/C20H16F17NO4S2/c1-8-6-9(2)11(10(3)7-8)42-44(40,41)38-12(39)43-5-4-13(21,22)14(23,24)15(25,26)16(27,28)17(29,30)18(31,32)19(33,34)20(35,36)37/h6-7H,4-5H2,1-3H3,(H,38,39). The fourth-order valence-electron chi connectivity index (χ4n) is 3.19. The number of carbonyl (C=O) groups is 1. The molecular formula is C20H16F17NO4S2. The Kier molecular flexibility index (Phi) is 10.6. The maximum atomic E-state index is 13.9. The van der Waals surface area contributed by atoms with E-state index in [2.05, 4.69) is 4.18 Å². The molecule has 0 bridgehead atoms. The number of thioether (sulfide) groups is 1. The fourth-order valence-corrected chi connectivity index (χ4v) is 5.00. The van der Waals surface area contributed by atoms with Crippen molar-refractivity contribution in [2.24, 2.45) is 0 Å². The van der Waals surface area contributed by atoms with Crippen molar-refractivity contribution >= 4 is 27.3 Å². The van der Waals surface area contributed by atoms with Gasteiger partial charge >= 0.3 is 57.9 Å². The third-order valence-electron chi connectivity index (χ3n) is 5.44. The van der Waals surface area contributed by atoms with Gasteiger partial charge in [0, 0.05) is 12.2 Å². The van der Waals surface area contributed by atoms with E-state index < -0.39 is 87.1 Å². The largest absolute Gasteiger partial charge is 0.460 e. The number of benzene rings is 1. The van der Waals surface area contributed by atoms with Gasteiger partial charge in [-0.25, -0.2) is 4.72 Å². The molecule has 0 aromatic heterocycles. The Labute approximate surface area is 239 Å². The highest BCUT2D eigenvalue weighted by molar-refractivity contribution is 8.14. The van der Waals surface area contributed by atoms with E-state index in [1.807, 2.05) is 0 Å². The van der Waals surface area contributed by atoms with Gasteiger partial charge in [-0.2, -0.15) is 83.1 Å². The van der Waals surface area contributed by atoms with E-state index in [4.69, 9.17) is 0 Å². The Morgan fingerprint density at radius 3 is 1.43 bits per heavy atom. The molecule has 0 radical (unpaired) electrons. The summed E-state index contributed by atoms with van der Waals surface area (Å²) in [5, 5.41) is -1.95. The zero-order chi connectivity index (χ0) is 35.3. The molecule has 1 aromatic carbocycles. The van der Waals surface area contributed by atoms with Crippen LogP contribution in [0.15, 0.2) is 12.1 Å². The first kappa shape index (κ1) is 39.6. The first-order valence-corrected chi connectivity index (χ1v) is 13.2. The maximum absolute atomic E-state index is 13.9. The van der Waals surface area contributed by atoms with Gasteiger partial charge < -0.3 is 4.18 Å². The van der Waals surface area contributed by atoms with Crippen LogP contribution in [0, 0.1) is 20.8 Å². The minimum Gasteiger partial charge on any atom is -0.366 e. The Morgan fingerprint density at radius 1 is 0.682 bits per heavy atom. The quantitative estimate of drug-likeness (QED) is 0.221. The third-order valence-corrected chi connectivity index (χ3v) is 7.17. The van der Waals surface area contributed by atoms with Crippen LogP contribution in [-0.4, -0.2) is 67.0 Å². The van der Waals surface area contributed by atoms with E-state index in [9.17, 15) is 87.8 Å². The summed E-state index contributed by atoms with van der Waals surface area (Å²) in [6, 6.07) is 2.82. The Hall–Kier alpha value is -2.40. The molecule has 0 unspecified atom stereocenters. The zero-order valence-electron chi connectivity index (χ0n) is 21.4. The summed E-state index contributed by atoms with van der Waals surface area (Å²) in [5.74, 6) is -59.7. The lowest BCUT2D eigenvalue weighted by Gasteiger charge is -2.42. The molecule has 5 nitrogen and oxygen atoms in total. The van der Waals surface area contributed by atoms with Crippen LogP contribution in [0.25, 0.3) is 0 Å². The van der Waals surface area contributed by atoms with Crippen LogP contribution >= 0.6 is 11.8 Å². The van der Waals surface area contributed by atoms with Gasteiger partial charge in [0.25, 0.3) is 5.24 Å². The second-order valence-electron chi connectivity index (χ2n) is 8.90. The van der Waals surface area contributed by atoms with Crippen LogP contribution in [0.4, 0.5) is 79.4 Å². The van der Waals surface area contributed by atoms with Gasteiger partial charge in [0.1, 0.15) is 5.75 Å². The van der Waals surface area contributed by atoms with Crippen molar-refractivity contribution in [3.63, 3.8) is 0 Å². The van der Waals surface area contributed by atoms with Crippen molar-refractivity contribution in [1.82, 2.24) is 4.72 Å². The minimum absolute atomic E-state index is 0.193. The summed E-state index contributed by atoms with van der Waals surface area (Å²) >= 11 is -0.746. The second kappa shape index (κ2) is 11.8. The predicted octanol–water partition coefficient (Wildman–Crippen LogP) is 8.08. The molecule has 0 aliphatic carbocycles. The number of hydrogen-bond donors (Lipinski definition) is 1. The van der Waals surface area contributed by atoms with E-state index in [1.165, 1.54) is 26.0 Å². The lowest BCUT2D eigenvalue weighted by molar-refractivity contribution is -0.461. The highest BCUT2D eigenvalue weighted by Gasteiger charge is 2.95. The molecular weight excluding hydrogens is 705 g/mol. The second-order valence-corrected chi connectivity index (χ2v) is 11.2. The molecule has 0 heterocycles. The van der Waals surface area contributed by atoms with Crippen LogP contribution in [0.3, 0.4) is 0 Å². The molecule has 0 fully saturated rings. The lowest BCUT2D eigenvalue weighted by atomic mass is 9.88. The van der Waals surface area contributed by atoms with Crippen molar-refractivity contribution in [3.8, 4) is 5.75 Å². The van der Waals surface area contributed by atoms with E-state index in [1.54, 1.807) is 6.92 Å². The van der Waals surface area contributed by atoms with E-state index in [0.29, 0.717) is 5.56 Å². The molecule has 1 rings (SSSR count). The topological polar surface area (TPSA) is 72.5 Å². The lowest BCUT2D eigenvalue weighted by Crippen LogP contribution is -2.74. The van der Waals surface area contributed by atoms with E-state index >= 15 is 0 Å². The number of alkyl halides is 17.